The first-order chi connectivity index (χ1) is 13.4. The summed E-state index contributed by atoms with van der Waals surface area (Å²) in [4.78, 5) is 40.3. The molecule has 0 aliphatic rings. The van der Waals surface area contributed by atoms with Crippen LogP contribution in [-0.2, 0) is 25.5 Å². The van der Waals surface area contributed by atoms with E-state index in [1.807, 2.05) is 24.3 Å². The molecule has 0 spiro atoms. The molecule has 2 amide bonds. The molecule has 0 saturated carbocycles. The maximum absolute atomic E-state index is 12.8. The summed E-state index contributed by atoms with van der Waals surface area (Å²) in [6.07, 6.45) is 1.32. The molecular formula is C21H29N3O5. The largest absolute Gasteiger partial charge is 0.467 e. The third-order valence-corrected chi connectivity index (χ3v) is 4.27. The molecule has 0 radical (unpaired) electrons. The number of hydrogen-bond acceptors (Lipinski definition) is 5. The van der Waals surface area contributed by atoms with Crippen LogP contribution in [0.5, 0.6) is 0 Å². The topological polar surface area (TPSA) is 110 Å². The molecule has 0 bridgehead atoms. The molecule has 0 unspecified atom stereocenters. The van der Waals surface area contributed by atoms with E-state index in [9.17, 15) is 14.4 Å². The van der Waals surface area contributed by atoms with Crippen LogP contribution < -0.4 is 10.6 Å². The number of rotatable bonds is 6. The zero-order valence-corrected chi connectivity index (χ0v) is 17.7. The summed E-state index contributed by atoms with van der Waals surface area (Å²) in [5, 5.41) is 6.17. The van der Waals surface area contributed by atoms with Gasteiger partial charge in [0.1, 0.15) is 17.2 Å². The molecule has 0 fully saturated rings. The highest BCUT2D eigenvalue weighted by atomic mass is 16.6. The smallest absolute Gasteiger partial charge is 0.408 e. The van der Waals surface area contributed by atoms with Crippen molar-refractivity contribution in [3.63, 3.8) is 0 Å². The average molecular weight is 403 g/mol. The molecule has 0 aliphatic carbocycles. The van der Waals surface area contributed by atoms with E-state index in [1.54, 1.807) is 27.0 Å². The molecule has 8 heteroatoms. The fraction of sp³-hybridized carbons (Fsp3) is 0.476. The first-order valence-corrected chi connectivity index (χ1v) is 9.38. The van der Waals surface area contributed by atoms with Gasteiger partial charge in [-0.25, -0.2) is 9.59 Å². The number of H-pyrrole nitrogens is 1. The van der Waals surface area contributed by atoms with Crippen molar-refractivity contribution in [2.75, 3.05) is 7.11 Å². The van der Waals surface area contributed by atoms with Gasteiger partial charge in [0.25, 0.3) is 0 Å². The standard InChI is InChI=1S/C21H29N3O5/c1-20(2,3)29-19(27)24-21(4,5)18(26)23-16(17(25)28-6)11-13-12-22-15-10-8-7-9-14(13)15/h7-10,12,16,22H,11H2,1-6H3,(H,23,26)(H,24,27)/t16-/m1/s1. The van der Waals surface area contributed by atoms with Gasteiger partial charge in [0.2, 0.25) is 5.91 Å². The van der Waals surface area contributed by atoms with Crippen molar-refractivity contribution in [1.29, 1.82) is 0 Å². The number of benzene rings is 1. The lowest BCUT2D eigenvalue weighted by Gasteiger charge is -2.29. The first kappa shape index (κ1) is 22.3. The van der Waals surface area contributed by atoms with E-state index >= 15 is 0 Å². The van der Waals surface area contributed by atoms with Crippen LogP contribution in [0.3, 0.4) is 0 Å². The SMILES string of the molecule is COC(=O)[C@@H](Cc1c[nH]c2ccccc12)NC(=O)C(C)(C)NC(=O)OC(C)(C)C. The Hall–Kier alpha value is -3.03. The Morgan fingerprint density at radius 3 is 2.38 bits per heavy atom. The monoisotopic (exact) mass is 403 g/mol. The average Bonchev–Trinajstić information content (AvgIpc) is 3.01. The Morgan fingerprint density at radius 1 is 1.10 bits per heavy atom. The number of methoxy groups -OCH3 is 1. The van der Waals surface area contributed by atoms with Crippen molar-refractivity contribution in [3.8, 4) is 0 Å². The molecule has 1 atom stereocenters. The van der Waals surface area contributed by atoms with E-state index in [2.05, 4.69) is 15.6 Å². The highest BCUT2D eigenvalue weighted by Gasteiger charge is 2.34. The molecule has 1 aromatic heterocycles. The number of ether oxygens (including phenoxy) is 2. The molecule has 0 aliphatic heterocycles. The predicted octanol–water partition coefficient (Wildman–Crippen LogP) is 2.67. The summed E-state index contributed by atoms with van der Waals surface area (Å²) in [5.41, 5.74) is -0.186. The Bertz CT molecular complexity index is 895. The van der Waals surface area contributed by atoms with Crippen LogP contribution in [0, 0.1) is 0 Å². The minimum Gasteiger partial charge on any atom is -0.467 e. The van der Waals surface area contributed by atoms with Gasteiger partial charge < -0.3 is 25.1 Å². The molecule has 8 nitrogen and oxygen atoms in total. The summed E-state index contributed by atoms with van der Waals surface area (Å²) in [6, 6.07) is 6.77. The summed E-state index contributed by atoms with van der Waals surface area (Å²) < 4.78 is 10.1. The van der Waals surface area contributed by atoms with Crippen LogP contribution in [0.1, 0.15) is 40.2 Å². The van der Waals surface area contributed by atoms with Crippen molar-refractivity contribution < 1.29 is 23.9 Å². The lowest BCUT2D eigenvalue weighted by Crippen LogP contribution is -2.58. The van der Waals surface area contributed by atoms with Crippen molar-refractivity contribution >= 4 is 28.9 Å². The number of carbonyl (C=O) groups excluding carboxylic acids is 3. The van der Waals surface area contributed by atoms with E-state index in [0.717, 1.165) is 16.5 Å². The molecule has 158 valence electrons. The Morgan fingerprint density at radius 2 is 1.76 bits per heavy atom. The zero-order chi connectivity index (χ0) is 21.8. The third-order valence-electron chi connectivity index (χ3n) is 4.27. The second-order valence-corrected chi connectivity index (χ2v) is 8.36. The highest BCUT2D eigenvalue weighted by Crippen LogP contribution is 2.20. The van der Waals surface area contributed by atoms with Gasteiger partial charge in [-0.15, -0.1) is 0 Å². The van der Waals surface area contributed by atoms with E-state index < -0.39 is 35.2 Å². The Kier molecular flexibility index (Phi) is 6.56. The molecule has 2 rings (SSSR count). The van der Waals surface area contributed by atoms with Gasteiger partial charge in [-0.3, -0.25) is 4.79 Å². The lowest BCUT2D eigenvalue weighted by atomic mass is 10.0. The molecule has 1 aromatic carbocycles. The highest BCUT2D eigenvalue weighted by molar-refractivity contribution is 5.93. The fourth-order valence-corrected chi connectivity index (χ4v) is 2.81. The predicted molar refractivity (Wildman–Crippen MR) is 109 cm³/mol. The number of amides is 2. The number of hydrogen-bond donors (Lipinski definition) is 3. The van der Waals surface area contributed by atoms with Crippen LogP contribution >= 0.6 is 0 Å². The normalized spacial score (nSPS) is 12.9. The van der Waals surface area contributed by atoms with Gasteiger partial charge in [-0.2, -0.15) is 0 Å². The van der Waals surface area contributed by atoms with E-state index in [-0.39, 0.29) is 6.42 Å². The minimum atomic E-state index is -1.30. The van der Waals surface area contributed by atoms with Gasteiger partial charge >= 0.3 is 12.1 Å². The van der Waals surface area contributed by atoms with Gasteiger partial charge in [-0.05, 0) is 46.2 Å². The van der Waals surface area contributed by atoms with Crippen molar-refractivity contribution in [1.82, 2.24) is 15.6 Å². The van der Waals surface area contributed by atoms with E-state index in [0.29, 0.717) is 0 Å². The lowest BCUT2D eigenvalue weighted by molar-refractivity contribution is -0.145. The van der Waals surface area contributed by atoms with Gasteiger partial charge in [0.05, 0.1) is 7.11 Å². The summed E-state index contributed by atoms with van der Waals surface area (Å²) in [5.74, 6) is -1.10. The van der Waals surface area contributed by atoms with Crippen LogP contribution in [0.15, 0.2) is 30.5 Å². The molecule has 1 heterocycles. The molecule has 3 N–H and O–H groups in total. The van der Waals surface area contributed by atoms with Crippen molar-refractivity contribution in [2.24, 2.45) is 0 Å². The number of para-hydroxylation sites is 1. The van der Waals surface area contributed by atoms with Crippen molar-refractivity contribution in [3.05, 3.63) is 36.0 Å². The van der Waals surface area contributed by atoms with E-state index in [1.165, 1.54) is 21.0 Å². The maximum atomic E-state index is 12.8. The maximum Gasteiger partial charge on any atom is 0.408 e. The second-order valence-electron chi connectivity index (χ2n) is 8.36. The van der Waals surface area contributed by atoms with Crippen LogP contribution in [0.2, 0.25) is 0 Å². The van der Waals surface area contributed by atoms with Gasteiger partial charge in [0.15, 0.2) is 0 Å². The first-order valence-electron chi connectivity index (χ1n) is 9.38. The number of aromatic nitrogens is 1. The number of aromatic amines is 1. The number of alkyl carbamates (subject to hydrolysis) is 1. The second kappa shape index (κ2) is 8.55. The third kappa shape index (κ3) is 5.97. The summed E-state index contributed by atoms with van der Waals surface area (Å²) in [7, 11) is 1.26. The fourth-order valence-electron chi connectivity index (χ4n) is 2.81. The minimum absolute atomic E-state index is 0.241. The van der Waals surface area contributed by atoms with E-state index in [4.69, 9.17) is 9.47 Å². The van der Waals surface area contributed by atoms with Crippen LogP contribution in [0.4, 0.5) is 4.79 Å². The quantitative estimate of drug-likeness (QED) is 0.643. The molecule has 2 aromatic rings. The summed E-state index contributed by atoms with van der Waals surface area (Å²) in [6.45, 7) is 8.26. The zero-order valence-electron chi connectivity index (χ0n) is 17.7. The van der Waals surface area contributed by atoms with Gasteiger partial charge in [-0.1, -0.05) is 18.2 Å². The van der Waals surface area contributed by atoms with Crippen LogP contribution in [-0.4, -0.2) is 47.2 Å². The molecule has 0 saturated heterocycles. The molecular weight excluding hydrogens is 374 g/mol. The van der Waals surface area contributed by atoms with Gasteiger partial charge in [0, 0.05) is 23.5 Å². The summed E-state index contributed by atoms with van der Waals surface area (Å²) >= 11 is 0. The van der Waals surface area contributed by atoms with Crippen molar-refractivity contribution in [2.45, 2.75) is 58.2 Å². The Labute approximate surface area is 170 Å². The number of nitrogens with one attached hydrogen (secondary N) is 3. The Balaban J connectivity index is 2.13. The van der Waals surface area contributed by atoms with Crippen LogP contribution in [0.25, 0.3) is 10.9 Å². The molecule has 29 heavy (non-hydrogen) atoms. The number of carbonyl (C=O) groups is 3. The number of fused-ring (bicyclic) bond motifs is 1. The number of esters is 1.